The third-order valence-corrected chi connectivity index (χ3v) is 5.66. The number of halogens is 1. The van der Waals surface area contributed by atoms with E-state index in [1.54, 1.807) is 6.07 Å². The Morgan fingerprint density at radius 1 is 1.39 bits per heavy atom. The average Bonchev–Trinajstić information content (AvgIpc) is 2.94. The van der Waals surface area contributed by atoms with Gasteiger partial charge in [0.1, 0.15) is 0 Å². The maximum Gasteiger partial charge on any atom is 0.242 e. The maximum absolute atomic E-state index is 12.2. The second kappa shape index (κ2) is 4.92. The van der Waals surface area contributed by atoms with Gasteiger partial charge in [-0.15, -0.1) is 0 Å². The highest BCUT2D eigenvalue weighted by Gasteiger charge is 2.41. The van der Waals surface area contributed by atoms with Crippen LogP contribution < -0.4 is 10.0 Å². The van der Waals surface area contributed by atoms with Gasteiger partial charge in [0, 0.05) is 16.6 Å². The van der Waals surface area contributed by atoms with E-state index in [0.717, 1.165) is 18.4 Å². The zero-order valence-corrected chi connectivity index (χ0v) is 12.9. The van der Waals surface area contributed by atoms with Crippen LogP contribution in [0, 0.1) is 0 Å². The summed E-state index contributed by atoms with van der Waals surface area (Å²) in [6.07, 6.45) is 1.81. The van der Waals surface area contributed by atoms with Crippen molar-refractivity contribution in [2.45, 2.75) is 36.7 Å². The maximum atomic E-state index is 12.2. The standard InChI is InChI=1S/C12H17BrN2O2S/c1-12(5-6-12)15-18(16,17)11-4-3-9(8-14-2)7-10(11)13/h3-4,7,14-15H,5-6,8H2,1-2H3. The molecule has 0 heterocycles. The van der Waals surface area contributed by atoms with E-state index in [1.807, 2.05) is 26.1 Å². The molecule has 0 radical (unpaired) electrons. The first-order valence-electron chi connectivity index (χ1n) is 5.83. The average molecular weight is 333 g/mol. The molecule has 0 spiro atoms. The van der Waals surface area contributed by atoms with Crippen LogP contribution in [0.2, 0.25) is 0 Å². The van der Waals surface area contributed by atoms with Gasteiger partial charge >= 0.3 is 0 Å². The zero-order chi connectivity index (χ0) is 13.4. The molecule has 0 aliphatic heterocycles. The molecule has 0 amide bonds. The Balaban J connectivity index is 2.27. The molecular formula is C12H17BrN2O2S. The van der Waals surface area contributed by atoms with Crippen LogP contribution in [-0.4, -0.2) is 21.0 Å². The molecule has 6 heteroatoms. The van der Waals surface area contributed by atoms with E-state index in [0.29, 0.717) is 15.9 Å². The highest BCUT2D eigenvalue weighted by molar-refractivity contribution is 9.10. The van der Waals surface area contributed by atoms with Gasteiger partial charge in [-0.05, 0) is 60.4 Å². The lowest BCUT2D eigenvalue weighted by atomic mass is 10.2. The summed E-state index contributed by atoms with van der Waals surface area (Å²) in [5.74, 6) is 0. The van der Waals surface area contributed by atoms with Gasteiger partial charge in [0.15, 0.2) is 0 Å². The molecule has 18 heavy (non-hydrogen) atoms. The Bertz CT molecular complexity index is 553. The van der Waals surface area contributed by atoms with Crippen molar-refractivity contribution in [2.75, 3.05) is 7.05 Å². The van der Waals surface area contributed by atoms with Gasteiger partial charge in [-0.25, -0.2) is 13.1 Å². The summed E-state index contributed by atoms with van der Waals surface area (Å²) in [4.78, 5) is 0.301. The molecule has 2 N–H and O–H groups in total. The molecule has 1 fully saturated rings. The van der Waals surface area contributed by atoms with Gasteiger partial charge in [0.05, 0.1) is 4.90 Å². The topological polar surface area (TPSA) is 58.2 Å². The summed E-state index contributed by atoms with van der Waals surface area (Å²) >= 11 is 3.33. The minimum Gasteiger partial charge on any atom is -0.316 e. The lowest BCUT2D eigenvalue weighted by Crippen LogP contribution is -2.34. The van der Waals surface area contributed by atoms with Crippen molar-refractivity contribution in [3.05, 3.63) is 28.2 Å². The fourth-order valence-electron chi connectivity index (χ4n) is 1.75. The Hall–Kier alpha value is -0.430. The van der Waals surface area contributed by atoms with Gasteiger partial charge < -0.3 is 5.32 Å². The van der Waals surface area contributed by atoms with Crippen molar-refractivity contribution in [3.63, 3.8) is 0 Å². The van der Waals surface area contributed by atoms with Crippen molar-refractivity contribution in [1.29, 1.82) is 0 Å². The number of hydrogen-bond donors (Lipinski definition) is 2. The van der Waals surface area contributed by atoms with E-state index in [2.05, 4.69) is 26.0 Å². The monoisotopic (exact) mass is 332 g/mol. The summed E-state index contributed by atoms with van der Waals surface area (Å²) in [6.45, 7) is 2.64. The largest absolute Gasteiger partial charge is 0.316 e. The third-order valence-electron chi connectivity index (χ3n) is 3.05. The number of nitrogens with one attached hydrogen (secondary N) is 2. The number of sulfonamides is 1. The summed E-state index contributed by atoms with van der Waals surface area (Å²) in [5.41, 5.74) is 0.794. The predicted molar refractivity (Wildman–Crippen MR) is 74.9 cm³/mol. The quantitative estimate of drug-likeness (QED) is 0.867. The van der Waals surface area contributed by atoms with Gasteiger partial charge in [-0.1, -0.05) is 6.07 Å². The van der Waals surface area contributed by atoms with Crippen molar-refractivity contribution < 1.29 is 8.42 Å². The van der Waals surface area contributed by atoms with Crippen molar-refractivity contribution in [3.8, 4) is 0 Å². The Morgan fingerprint density at radius 2 is 2.06 bits per heavy atom. The molecule has 0 unspecified atom stereocenters. The van der Waals surface area contributed by atoms with Gasteiger partial charge in [-0.3, -0.25) is 0 Å². The van der Waals surface area contributed by atoms with Crippen LogP contribution in [0.25, 0.3) is 0 Å². The summed E-state index contributed by atoms with van der Waals surface area (Å²) in [7, 11) is -1.58. The Labute approximate surface area is 116 Å². The minimum absolute atomic E-state index is 0.248. The van der Waals surface area contributed by atoms with E-state index in [-0.39, 0.29) is 5.54 Å². The number of hydrogen-bond acceptors (Lipinski definition) is 3. The molecule has 1 aromatic carbocycles. The lowest BCUT2D eigenvalue weighted by molar-refractivity contribution is 0.557. The molecule has 0 saturated heterocycles. The van der Waals surface area contributed by atoms with Crippen molar-refractivity contribution >= 4 is 26.0 Å². The van der Waals surface area contributed by atoms with E-state index < -0.39 is 10.0 Å². The van der Waals surface area contributed by atoms with E-state index >= 15 is 0 Å². The second-order valence-corrected chi connectivity index (χ2v) is 7.47. The first-order valence-corrected chi connectivity index (χ1v) is 8.11. The molecule has 1 aliphatic rings. The molecule has 2 rings (SSSR count). The van der Waals surface area contributed by atoms with Crippen LogP contribution in [0.3, 0.4) is 0 Å². The van der Waals surface area contributed by atoms with Crippen LogP contribution in [0.5, 0.6) is 0 Å². The first kappa shape index (κ1) is 14.0. The van der Waals surface area contributed by atoms with Crippen LogP contribution in [0.15, 0.2) is 27.6 Å². The highest BCUT2D eigenvalue weighted by atomic mass is 79.9. The number of rotatable bonds is 5. The van der Waals surface area contributed by atoms with Crippen molar-refractivity contribution in [1.82, 2.24) is 10.0 Å². The van der Waals surface area contributed by atoms with Crippen molar-refractivity contribution in [2.24, 2.45) is 0 Å². The Morgan fingerprint density at radius 3 is 2.56 bits per heavy atom. The lowest BCUT2D eigenvalue weighted by Gasteiger charge is -2.14. The molecule has 1 saturated carbocycles. The second-order valence-electron chi connectivity index (χ2n) is 4.96. The molecule has 1 aromatic rings. The summed E-state index contributed by atoms with van der Waals surface area (Å²) in [5, 5.41) is 3.03. The smallest absolute Gasteiger partial charge is 0.242 e. The van der Waals surface area contributed by atoms with Crippen LogP contribution in [0.4, 0.5) is 0 Å². The third kappa shape index (κ3) is 3.12. The van der Waals surface area contributed by atoms with Crippen LogP contribution >= 0.6 is 15.9 Å². The van der Waals surface area contributed by atoms with Gasteiger partial charge in [0.25, 0.3) is 0 Å². The summed E-state index contributed by atoms with van der Waals surface area (Å²) < 4.78 is 27.8. The van der Waals surface area contributed by atoms with Gasteiger partial charge in [0.2, 0.25) is 10.0 Å². The Kier molecular flexibility index (Phi) is 3.82. The summed E-state index contributed by atoms with van der Waals surface area (Å²) in [6, 6.07) is 5.30. The normalized spacial score (nSPS) is 17.7. The molecule has 100 valence electrons. The molecule has 0 aromatic heterocycles. The number of benzene rings is 1. The fourth-order valence-corrected chi connectivity index (χ4v) is 4.34. The SMILES string of the molecule is CNCc1ccc(S(=O)(=O)NC2(C)CC2)c(Br)c1. The van der Waals surface area contributed by atoms with Crippen LogP contribution in [0.1, 0.15) is 25.3 Å². The molecule has 0 atom stereocenters. The van der Waals surface area contributed by atoms with E-state index in [4.69, 9.17) is 0 Å². The van der Waals surface area contributed by atoms with E-state index in [1.165, 1.54) is 0 Å². The molecular weight excluding hydrogens is 316 g/mol. The minimum atomic E-state index is -3.44. The first-order chi connectivity index (χ1) is 8.36. The predicted octanol–water partition coefficient (Wildman–Crippen LogP) is 2.00. The fraction of sp³-hybridized carbons (Fsp3) is 0.500. The molecule has 4 nitrogen and oxygen atoms in total. The van der Waals surface area contributed by atoms with E-state index in [9.17, 15) is 8.42 Å². The highest BCUT2D eigenvalue weighted by Crippen LogP contribution is 2.36. The zero-order valence-electron chi connectivity index (χ0n) is 10.5. The van der Waals surface area contributed by atoms with Gasteiger partial charge in [-0.2, -0.15) is 0 Å². The molecule has 1 aliphatic carbocycles. The van der Waals surface area contributed by atoms with Crippen LogP contribution in [-0.2, 0) is 16.6 Å². The molecule has 0 bridgehead atoms.